The number of thiazole rings is 1. The number of nitrogens with one attached hydrogen (secondary N) is 1. The first-order valence-electron chi connectivity index (χ1n) is 7.00. The third-order valence-electron chi connectivity index (χ3n) is 3.11. The lowest BCUT2D eigenvalue weighted by molar-refractivity contribution is 0.151. The summed E-state index contributed by atoms with van der Waals surface area (Å²) in [7, 11) is 0. The molecule has 0 saturated heterocycles. The zero-order valence-corrected chi connectivity index (χ0v) is 12.5. The normalized spacial score (nSPS) is 15.6. The Labute approximate surface area is 114 Å². The smallest absolute Gasteiger partial charge is 0.0954 e. The van der Waals surface area contributed by atoms with Crippen LogP contribution in [-0.2, 0) is 17.7 Å². The van der Waals surface area contributed by atoms with Gasteiger partial charge in [0.2, 0.25) is 0 Å². The lowest BCUT2D eigenvalue weighted by Crippen LogP contribution is -2.15. The molecule has 0 aromatic carbocycles. The highest BCUT2D eigenvalue weighted by Gasteiger charge is 2.22. The summed E-state index contributed by atoms with van der Waals surface area (Å²) >= 11 is 1.85. The SMILES string of the molecule is CCOCCc1nc(C(C)C)c(CNC2CC2)s1. The van der Waals surface area contributed by atoms with Gasteiger partial charge in [-0.05, 0) is 25.7 Å². The van der Waals surface area contributed by atoms with E-state index < -0.39 is 0 Å². The molecule has 0 atom stereocenters. The molecule has 1 saturated carbocycles. The monoisotopic (exact) mass is 268 g/mol. The maximum atomic E-state index is 5.41. The van der Waals surface area contributed by atoms with Gasteiger partial charge < -0.3 is 10.1 Å². The van der Waals surface area contributed by atoms with Crippen molar-refractivity contribution >= 4 is 11.3 Å². The van der Waals surface area contributed by atoms with E-state index >= 15 is 0 Å². The maximum Gasteiger partial charge on any atom is 0.0954 e. The largest absolute Gasteiger partial charge is 0.381 e. The van der Waals surface area contributed by atoms with Crippen LogP contribution in [-0.4, -0.2) is 24.2 Å². The van der Waals surface area contributed by atoms with E-state index in [0.717, 1.165) is 32.2 Å². The van der Waals surface area contributed by atoms with E-state index in [1.807, 2.05) is 18.3 Å². The zero-order chi connectivity index (χ0) is 13.0. The third-order valence-corrected chi connectivity index (χ3v) is 4.24. The fraction of sp³-hybridized carbons (Fsp3) is 0.786. The number of ether oxygens (including phenoxy) is 1. The maximum absolute atomic E-state index is 5.41. The molecule has 0 unspecified atom stereocenters. The van der Waals surface area contributed by atoms with Gasteiger partial charge in [-0.25, -0.2) is 4.98 Å². The first-order valence-corrected chi connectivity index (χ1v) is 7.82. The van der Waals surface area contributed by atoms with Crippen LogP contribution in [0.4, 0.5) is 0 Å². The topological polar surface area (TPSA) is 34.1 Å². The Morgan fingerprint density at radius 2 is 2.22 bits per heavy atom. The Morgan fingerprint density at radius 1 is 1.44 bits per heavy atom. The Balaban J connectivity index is 1.95. The predicted octanol–water partition coefficient (Wildman–Crippen LogP) is 3.10. The van der Waals surface area contributed by atoms with Crippen molar-refractivity contribution in [1.29, 1.82) is 0 Å². The molecular weight excluding hydrogens is 244 g/mol. The van der Waals surface area contributed by atoms with E-state index in [-0.39, 0.29) is 0 Å². The molecule has 1 fully saturated rings. The quantitative estimate of drug-likeness (QED) is 0.736. The molecule has 4 heteroatoms. The van der Waals surface area contributed by atoms with Gasteiger partial charge in [-0.1, -0.05) is 13.8 Å². The minimum absolute atomic E-state index is 0.512. The number of aromatic nitrogens is 1. The van der Waals surface area contributed by atoms with Crippen molar-refractivity contribution in [2.45, 2.75) is 58.5 Å². The van der Waals surface area contributed by atoms with Crippen LogP contribution in [0.5, 0.6) is 0 Å². The van der Waals surface area contributed by atoms with Crippen LogP contribution >= 0.6 is 11.3 Å². The van der Waals surface area contributed by atoms with Gasteiger partial charge in [0.1, 0.15) is 0 Å². The predicted molar refractivity (Wildman–Crippen MR) is 76.3 cm³/mol. The van der Waals surface area contributed by atoms with Crippen molar-refractivity contribution in [2.24, 2.45) is 0 Å². The molecular formula is C14H24N2OS. The lowest BCUT2D eigenvalue weighted by Gasteiger charge is -2.05. The van der Waals surface area contributed by atoms with Crippen molar-refractivity contribution in [3.8, 4) is 0 Å². The molecule has 0 aliphatic heterocycles. The van der Waals surface area contributed by atoms with Gasteiger partial charge in [-0.15, -0.1) is 11.3 Å². The lowest BCUT2D eigenvalue weighted by atomic mass is 10.1. The first kappa shape index (κ1) is 14.0. The number of hydrogen-bond acceptors (Lipinski definition) is 4. The minimum Gasteiger partial charge on any atom is -0.381 e. The van der Waals surface area contributed by atoms with E-state index in [4.69, 9.17) is 9.72 Å². The molecule has 0 spiro atoms. The summed E-state index contributed by atoms with van der Waals surface area (Å²) in [5.41, 5.74) is 1.28. The summed E-state index contributed by atoms with van der Waals surface area (Å²) in [6, 6.07) is 0.763. The van der Waals surface area contributed by atoms with Crippen LogP contribution in [0.3, 0.4) is 0 Å². The van der Waals surface area contributed by atoms with E-state index in [2.05, 4.69) is 19.2 Å². The minimum atomic E-state index is 0.512. The highest BCUT2D eigenvalue weighted by atomic mass is 32.1. The number of rotatable bonds is 8. The second kappa shape index (κ2) is 6.64. The highest BCUT2D eigenvalue weighted by Crippen LogP contribution is 2.27. The summed E-state index contributed by atoms with van der Waals surface area (Å²) in [5.74, 6) is 0.512. The zero-order valence-electron chi connectivity index (χ0n) is 11.7. The van der Waals surface area contributed by atoms with Crippen LogP contribution in [0, 0.1) is 0 Å². The second-order valence-corrected chi connectivity index (χ2v) is 6.34. The average Bonchev–Trinajstić information content (AvgIpc) is 3.07. The highest BCUT2D eigenvalue weighted by molar-refractivity contribution is 7.11. The van der Waals surface area contributed by atoms with Crippen molar-refractivity contribution in [2.75, 3.05) is 13.2 Å². The summed E-state index contributed by atoms with van der Waals surface area (Å²) in [4.78, 5) is 6.20. The summed E-state index contributed by atoms with van der Waals surface area (Å²) in [6.45, 7) is 9.05. The molecule has 0 radical (unpaired) electrons. The van der Waals surface area contributed by atoms with E-state index in [9.17, 15) is 0 Å². The van der Waals surface area contributed by atoms with Crippen LogP contribution in [0.2, 0.25) is 0 Å². The molecule has 1 aromatic rings. The molecule has 1 N–H and O–H groups in total. The molecule has 0 amide bonds. The molecule has 2 rings (SSSR count). The third kappa shape index (κ3) is 4.04. The molecule has 102 valence electrons. The fourth-order valence-electron chi connectivity index (χ4n) is 1.93. The van der Waals surface area contributed by atoms with Gasteiger partial charge in [0, 0.05) is 30.5 Å². The second-order valence-electron chi connectivity index (χ2n) is 5.17. The van der Waals surface area contributed by atoms with E-state index in [1.54, 1.807) is 0 Å². The van der Waals surface area contributed by atoms with E-state index in [1.165, 1.54) is 28.4 Å². The molecule has 1 heterocycles. The Kier molecular flexibility index (Phi) is 5.15. The molecule has 1 aliphatic carbocycles. The molecule has 3 nitrogen and oxygen atoms in total. The number of hydrogen-bond donors (Lipinski definition) is 1. The molecule has 18 heavy (non-hydrogen) atoms. The van der Waals surface area contributed by atoms with Gasteiger partial charge in [0.15, 0.2) is 0 Å². The van der Waals surface area contributed by atoms with Crippen LogP contribution < -0.4 is 5.32 Å². The van der Waals surface area contributed by atoms with Crippen LogP contribution in [0.1, 0.15) is 55.1 Å². The molecule has 0 bridgehead atoms. The standard InChI is InChI=1S/C14H24N2OS/c1-4-17-8-7-13-16-14(10(2)3)12(18-13)9-15-11-5-6-11/h10-11,15H,4-9H2,1-3H3. The molecule has 1 aliphatic rings. The fourth-order valence-corrected chi connectivity index (χ4v) is 3.08. The molecule has 1 aromatic heterocycles. The van der Waals surface area contributed by atoms with Crippen molar-refractivity contribution in [3.63, 3.8) is 0 Å². The van der Waals surface area contributed by atoms with Gasteiger partial charge in [-0.2, -0.15) is 0 Å². The van der Waals surface area contributed by atoms with Crippen LogP contribution in [0.25, 0.3) is 0 Å². The average molecular weight is 268 g/mol. The van der Waals surface area contributed by atoms with Crippen LogP contribution in [0.15, 0.2) is 0 Å². The van der Waals surface area contributed by atoms with Crippen molar-refractivity contribution in [1.82, 2.24) is 10.3 Å². The van der Waals surface area contributed by atoms with Crippen molar-refractivity contribution < 1.29 is 4.74 Å². The Hall–Kier alpha value is -0.450. The number of nitrogens with zero attached hydrogens (tertiary/aromatic N) is 1. The Morgan fingerprint density at radius 3 is 2.83 bits per heavy atom. The summed E-state index contributed by atoms with van der Waals surface area (Å²) in [5, 5.41) is 4.81. The van der Waals surface area contributed by atoms with E-state index in [0.29, 0.717) is 5.92 Å². The Bertz CT molecular complexity index is 372. The van der Waals surface area contributed by atoms with Crippen molar-refractivity contribution in [3.05, 3.63) is 15.6 Å². The van der Waals surface area contributed by atoms with Gasteiger partial charge in [-0.3, -0.25) is 0 Å². The van der Waals surface area contributed by atoms with Gasteiger partial charge >= 0.3 is 0 Å². The summed E-state index contributed by atoms with van der Waals surface area (Å²) < 4.78 is 5.41. The van der Waals surface area contributed by atoms with Gasteiger partial charge in [0.05, 0.1) is 17.3 Å². The first-order chi connectivity index (χ1) is 8.70. The van der Waals surface area contributed by atoms with Gasteiger partial charge in [0.25, 0.3) is 0 Å². The summed E-state index contributed by atoms with van der Waals surface area (Å²) in [6.07, 6.45) is 3.63.